The molecule has 1 amide bonds. The van der Waals surface area contributed by atoms with Crippen molar-refractivity contribution in [2.24, 2.45) is 0 Å². The molecule has 1 aliphatic rings. The minimum Gasteiger partial charge on any atom is -0.465 e. The molecule has 0 bridgehead atoms. The molecule has 2 aromatic rings. The number of nitrogens with zero attached hydrogens (tertiary/aromatic N) is 2. The first-order valence-electron chi connectivity index (χ1n) is 8.51. The van der Waals surface area contributed by atoms with Gasteiger partial charge in [-0.1, -0.05) is 36.1 Å². The number of rotatable bonds is 4. The number of para-hydroxylation sites is 1. The molecule has 0 spiro atoms. The van der Waals surface area contributed by atoms with Gasteiger partial charge in [0.15, 0.2) is 0 Å². The predicted octanol–water partition coefficient (Wildman–Crippen LogP) is 4.10. The van der Waals surface area contributed by atoms with Crippen molar-refractivity contribution in [3.8, 4) is 5.69 Å². The Kier molecular flexibility index (Phi) is 5.53. The number of amides is 1. The van der Waals surface area contributed by atoms with Crippen molar-refractivity contribution < 1.29 is 14.3 Å². The van der Waals surface area contributed by atoms with E-state index in [-0.39, 0.29) is 11.9 Å². The number of aryl methyl sites for hydroxylation is 1. The van der Waals surface area contributed by atoms with E-state index in [0.29, 0.717) is 21.3 Å². The summed E-state index contributed by atoms with van der Waals surface area (Å²) < 4.78 is 7.49. The molecular formula is C20H20N2O3S2. The highest BCUT2D eigenvalue weighted by atomic mass is 32.2. The highest BCUT2D eigenvalue weighted by molar-refractivity contribution is 8.26. The molecule has 0 radical (unpaired) electrons. The Morgan fingerprint density at radius 3 is 2.63 bits per heavy atom. The fourth-order valence-electron chi connectivity index (χ4n) is 3.17. The number of carbonyl (C=O) groups excluding carboxylic acids is 2. The van der Waals surface area contributed by atoms with Crippen LogP contribution >= 0.6 is 24.0 Å². The van der Waals surface area contributed by atoms with Gasteiger partial charge in [0.1, 0.15) is 4.32 Å². The minimum absolute atomic E-state index is 0.0627. The standard InChI is InChI=1S/C20H20N2O3S2/c1-5-21-18(23)17(27-20(21)26)11-14-10-12(2)22(13(14)3)16-9-7-6-8-15(16)19(24)25-4/h6-11H,5H2,1-4H3. The summed E-state index contributed by atoms with van der Waals surface area (Å²) >= 11 is 6.60. The van der Waals surface area contributed by atoms with Crippen LogP contribution in [0.5, 0.6) is 0 Å². The summed E-state index contributed by atoms with van der Waals surface area (Å²) in [5.41, 5.74) is 4.06. The normalized spacial score (nSPS) is 15.7. The van der Waals surface area contributed by atoms with E-state index in [1.807, 2.05) is 49.6 Å². The Hall–Kier alpha value is -2.38. The van der Waals surface area contributed by atoms with Crippen molar-refractivity contribution in [2.45, 2.75) is 20.8 Å². The topological polar surface area (TPSA) is 51.5 Å². The zero-order valence-corrected chi connectivity index (χ0v) is 17.2. The number of benzene rings is 1. The third-order valence-corrected chi connectivity index (χ3v) is 5.87. The van der Waals surface area contributed by atoms with E-state index in [2.05, 4.69) is 0 Å². The van der Waals surface area contributed by atoms with E-state index < -0.39 is 0 Å². The van der Waals surface area contributed by atoms with Gasteiger partial charge < -0.3 is 9.30 Å². The number of carbonyl (C=O) groups is 2. The molecule has 140 valence electrons. The summed E-state index contributed by atoms with van der Waals surface area (Å²) in [6.45, 7) is 6.40. The maximum Gasteiger partial charge on any atom is 0.339 e. The molecule has 1 aromatic carbocycles. The third-order valence-electron chi connectivity index (χ3n) is 4.50. The van der Waals surface area contributed by atoms with Gasteiger partial charge >= 0.3 is 5.97 Å². The minimum atomic E-state index is -0.386. The third kappa shape index (κ3) is 3.44. The van der Waals surface area contributed by atoms with E-state index in [1.54, 1.807) is 17.0 Å². The predicted molar refractivity (Wildman–Crippen MR) is 112 cm³/mol. The summed E-state index contributed by atoms with van der Waals surface area (Å²) in [6, 6.07) is 9.31. The van der Waals surface area contributed by atoms with Crippen molar-refractivity contribution in [2.75, 3.05) is 13.7 Å². The fraction of sp³-hybridized carbons (Fsp3) is 0.250. The fourth-order valence-corrected chi connectivity index (χ4v) is 4.54. The molecule has 0 unspecified atom stereocenters. The number of thioether (sulfide) groups is 1. The molecule has 0 N–H and O–H groups in total. The Labute approximate surface area is 168 Å². The average molecular weight is 401 g/mol. The largest absolute Gasteiger partial charge is 0.465 e. The summed E-state index contributed by atoms with van der Waals surface area (Å²) in [4.78, 5) is 26.8. The first kappa shape index (κ1) is 19.4. The van der Waals surface area contributed by atoms with Crippen LogP contribution in [0.3, 0.4) is 0 Å². The van der Waals surface area contributed by atoms with E-state index in [9.17, 15) is 9.59 Å². The molecular weight excluding hydrogens is 380 g/mol. The smallest absolute Gasteiger partial charge is 0.339 e. The maximum absolute atomic E-state index is 12.5. The van der Waals surface area contributed by atoms with Gasteiger partial charge in [0.05, 0.1) is 23.3 Å². The summed E-state index contributed by atoms with van der Waals surface area (Å²) in [5.74, 6) is -0.448. The van der Waals surface area contributed by atoms with Gasteiger partial charge in [-0.15, -0.1) is 0 Å². The number of esters is 1. The maximum atomic E-state index is 12.5. The number of likely N-dealkylation sites (N-methyl/N-ethyl adjacent to an activating group) is 1. The lowest BCUT2D eigenvalue weighted by atomic mass is 10.1. The molecule has 0 atom stereocenters. The van der Waals surface area contributed by atoms with Gasteiger partial charge in [-0.25, -0.2) is 4.79 Å². The van der Waals surface area contributed by atoms with Crippen LogP contribution in [0.15, 0.2) is 35.2 Å². The number of hydrogen-bond donors (Lipinski definition) is 0. The van der Waals surface area contributed by atoms with Crippen LogP contribution in [-0.2, 0) is 9.53 Å². The van der Waals surface area contributed by atoms with Crippen molar-refractivity contribution in [3.05, 3.63) is 57.8 Å². The molecule has 5 nitrogen and oxygen atoms in total. The van der Waals surface area contributed by atoms with E-state index >= 15 is 0 Å². The highest BCUT2D eigenvalue weighted by Gasteiger charge is 2.31. The van der Waals surface area contributed by atoms with E-state index in [1.165, 1.54) is 18.9 Å². The van der Waals surface area contributed by atoms with Crippen LogP contribution in [0.25, 0.3) is 11.8 Å². The monoisotopic (exact) mass is 400 g/mol. The second-order valence-corrected chi connectivity index (χ2v) is 7.77. The Morgan fingerprint density at radius 1 is 1.30 bits per heavy atom. The van der Waals surface area contributed by atoms with Crippen LogP contribution in [0.2, 0.25) is 0 Å². The Morgan fingerprint density at radius 2 is 2.00 bits per heavy atom. The van der Waals surface area contributed by atoms with Crippen LogP contribution in [0.4, 0.5) is 0 Å². The van der Waals surface area contributed by atoms with Gasteiger partial charge in [-0.2, -0.15) is 0 Å². The lowest BCUT2D eigenvalue weighted by Gasteiger charge is -2.13. The number of thiocarbonyl (C=S) groups is 1. The number of methoxy groups -OCH3 is 1. The van der Waals surface area contributed by atoms with Crippen molar-refractivity contribution >= 4 is 46.3 Å². The van der Waals surface area contributed by atoms with E-state index in [4.69, 9.17) is 17.0 Å². The van der Waals surface area contributed by atoms with Crippen molar-refractivity contribution in [3.63, 3.8) is 0 Å². The van der Waals surface area contributed by atoms with Gasteiger partial charge in [0.2, 0.25) is 0 Å². The lowest BCUT2D eigenvalue weighted by Crippen LogP contribution is -2.27. The second-order valence-electron chi connectivity index (χ2n) is 6.10. The lowest BCUT2D eigenvalue weighted by molar-refractivity contribution is -0.121. The molecule has 0 aliphatic carbocycles. The molecule has 3 rings (SSSR count). The van der Waals surface area contributed by atoms with Crippen LogP contribution in [0.1, 0.15) is 34.2 Å². The highest BCUT2D eigenvalue weighted by Crippen LogP contribution is 2.34. The molecule has 1 aromatic heterocycles. The van der Waals surface area contributed by atoms with Crippen LogP contribution < -0.4 is 0 Å². The first-order chi connectivity index (χ1) is 12.9. The van der Waals surface area contributed by atoms with Gasteiger partial charge in [0.25, 0.3) is 5.91 Å². The van der Waals surface area contributed by atoms with Gasteiger partial charge in [0, 0.05) is 17.9 Å². The quantitative estimate of drug-likeness (QED) is 0.439. The molecule has 1 fully saturated rings. The molecule has 1 saturated heterocycles. The first-order valence-corrected chi connectivity index (χ1v) is 9.73. The van der Waals surface area contributed by atoms with E-state index in [0.717, 1.165) is 22.6 Å². The summed E-state index contributed by atoms with van der Waals surface area (Å²) in [6.07, 6.45) is 1.87. The van der Waals surface area contributed by atoms with Crippen LogP contribution in [0, 0.1) is 13.8 Å². The van der Waals surface area contributed by atoms with Crippen molar-refractivity contribution in [1.82, 2.24) is 9.47 Å². The summed E-state index contributed by atoms with van der Waals surface area (Å²) in [5, 5.41) is 0. The summed E-state index contributed by atoms with van der Waals surface area (Å²) in [7, 11) is 1.37. The van der Waals surface area contributed by atoms with Crippen LogP contribution in [-0.4, -0.2) is 39.3 Å². The molecule has 27 heavy (non-hydrogen) atoms. The Balaban J connectivity index is 2.08. The zero-order valence-electron chi connectivity index (χ0n) is 15.6. The Bertz CT molecular complexity index is 976. The molecule has 2 heterocycles. The molecule has 1 aliphatic heterocycles. The number of hydrogen-bond acceptors (Lipinski definition) is 5. The second kappa shape index (κ2) is 7.70. The molecule has 0 saturated carbocycles. The zero-order chi connectivity index (χ0) is 19.7. The van der Waals surface area contributed by atoms with Gasteiger partial charge in [-0.05, 0) is 50.6 Å². The molecule has 7 heteroatoms. The SMILES string of the molecule is CCN1C(=O)C(=Cc2cc(C)n(-c3ccccc3C(=O)OC)c2C)SC1=S. The number of ether oxygens (including phenoxy) is 1. The number of aromatic nitrogens is 1. The van der Waals surface area contributed by atoms with Gasteiger partial charge in [-0.3, -0.25) is 9.69 Å². The average Bonchev–Trinajstić information content (AvgIpc) is 3.09. The van der Waals surface area contributed by atoms with Crippen molar-refractivity contribution in [1.29, 1.82) is 0 Å².